The molecular weight excluding hydrogens is 372 g/mol. The van der Waals surface area contributed by atoms with Crippen LogP contribution < -0.4 is 5.32 Å². The van der Waals surface area contributed by atoms with Crippen LogP contribution in [0.4, 0.5) is 10.5 Å². The summed E-state index contributed by atoms with van der Waals surface area (Å²) in [5.41, 5.74) is 1.45. The average molecular weight is 391 g/mol. The Bertz CT molecular complexity index is 855. The fraction of sp³-hybridized carbons (Fsp3) is 0.211. The highest BCUT2D eigenvalue weighted by molar-refractivity contribution is 6.32. The van der Waals surface area contributed by atoms with Gasteiger partial charge in [0.15, 0.2) is 0 Å². The fourth-order valence-corrected chi connectivity index (χ4v) is 2.82. The van der Waals surface area contributed by atoms with E-state index < -0.39 is 12.1 Å². The molecule has 1 unspecified atom stereocenters. The number of carbonyl (C=O) groups is 1. The third kappa shape index (κ3) is 4.45. The zero-order chi connectivity index (χ0) is 19.4. The molecule has 0 aromatic heterocycles. The maximum absolute atomic E-state index is 12.9. The number of ether oxygens (including phenoxy) is 2. The van der Waals surface area contributed by atoms with E-state index in [9.17, 15) is 15.0 Å². The molecule has 1 aliphatic heterocycles. The Morgan fingerprint density at radius 3 is 2.70 bits per heavy atom. The number of carbonyl (C=O) groups excluding carboxylic acids is 1. The average Bonchev–Trinajstić information content (AvgIpc) is 3.17. The zero-order valence-corrected chi connectivity index (χ0v) is 15.3. The first kappa shape index (κ1) is 18.9. The fourth-order valence-electron chi connectivity index (χ4n) is 2.59. The number of nitrogens with one attached hydrogen (secondary N) is 1. The molecule has 142 valence electrons. The van der Waals surface area contributed by atoms with Crippen LogP contribution in [0.3, 0.4) is 0 Å². The first-order valence-electron chi connectivity index (χ1n) is 8.23. The van der Waals surface area contributed by atoms with Crippen molar-refractivity contribution in [2.75, 3.05) is 12.1 Å². The molecule has 0 saturated carbocycles. The molecule has 2 aromatic rings. The van der Waals surface area contributed by atoms with Crippen molar-refractivity contribution in [1.82, 2.24) is 4.90 Å². The highest BCUT2D eigenvalue weighted by atomic mass is 35.5. The summed E-state index contributed by atoms with van der Waals surface area (Å²) in [6.45, 7) is 1.79. The van der Waals surface area contributed by atoms with Gasteiger partial charge in [-0.25, -0.2) is 4.79 Å². The van der Waals surface area contributed by atoms with E-state index in [1.807, 2.05) is 30.3 Å². The Kier molecular flexibility index (Phi) is 5.73. The first-order valence-corrected chi connectivity index (χ1v) is 8.61. The highest BCUT2D eigenvalue weighted by Crippen LogP contribution is 2.35. The number of rotatable bonds is 5. The number of benzene rings is 2. The van der Waals surface area contributed by atoms with Gasteiger partial charge in [0.2, 0.25) is 12.7 Å². The second-order valence-corrected chi connectivity index (χ2v) is 6.37. The van der Waals surface area contributed by atoms with E-state index in [0.717, 1.165) is 5.56 Å². The van der Waals surface area contributed by atoms with Crippen molar-refractivity contribution in [2.24, 2.45) is 0 Å². The number of urea groups is 1. The van der Waals surface area contributed by atoms with Crippen molar-refractivity contribution < 1.29 is 24.5 Å². The van der Waals surface area contributed by atoms with Crippen LogP contribution in [0.25, 0.3) is 0 Å². The highest BCUT2D eigenvalue weighted by Gasteiger charge is 2.24. The minimum atomic E-state index is -0.950. The van der Waals surface area contributed by atoms with Crippen molar-refractivity contribution in [3.8, 4) is 5.75 Å². The van der Waals surface area contributed by atoms with Crippen LogP contribution in [-0.4, -0.2) is 27.9 Å². The van der Waals surface area contributed by atoms with Crippen molar-refractivity contribution in [3.63, 3.8) is 0 Å². The van der Waals surface area contributed by atoms with Gasteiger partial charge in [0.25, 0.3) is 0 Å². The van der Waals surface area contributed by atoms with Gasteiger partial charge in [0, 0.05) is 11.3 Å². The summed E-state index contributed by atoms with van der Waals surface area (Å²) in [6, 6.07) is 11.8. The van der Waals surface area contributed by atoms with Gasteiger partial charge in [-0.05, 0) is 24.6 Å². The number of aromatic hydroxyl groups is 1. The van der Waals surface area contributed by atoms with Crippen molar-refractivity contribution in [2.45, 2.75) is 19.6 Å². The van der Waals surface area contributed by atoms with Crippen molar-refractivity contribution >= 4 is 23.3 Å². The lowest BCUT2D eigenvalue weighted by atomic mass is 10.1. The standard InChI is InChI=1S/C19H19ClN2O5/c1-12(23)15-7-14(8-16(20)18(15)24)21-19(25)22(17-10-26-11-27-17)9-13-5-3-2-4-6-13/h2-8,10,12,23-24H,9,11H2,1H3,(H,21,25). The summed E-state index contributed by atoms with van der Waals surface area (Å²) in [4.78, 5) is 14.2. The number of phenols is 1. The number of nitrogens with zero attached hydrogens (tertiary/aromatic N) is 1. The SMILES string of the molecule is CC(O)c1cc(NC(=O)N(Cc2ccccc2)C2=COCO2)cc(Cl)c1O. The van der Waals surface area contributed by atoms with Gasteiger partial charge in [-0.2, -0.15) is 0 Å². The van der Waals surface area contributed by atoms with Gasteiger partial charge < -0.3 is 25.0 Å². The minimum absolute atomic E-state index is 0.0259. The van der Waals surface area contributed by atoms with E-state index in [1.165, 1.54) is 30.2 Å². The van der Waals surface area contributed by atoms with Crippen molar-refractivity contribution in [1.29, 1.82) is 0 Å². The van der Waals surface area contributed by atoms with Crippen molar-refractivity contribution in [3.05, 3.63) is 70.8 Å². The first-order chi connectivity index (χ1) is 13.0. The molecule has 0 fully saturated rings. The van der Waals surface area contributed by atoms with Gasteiger partial charge in [0.1, 0.15) is 12.0 Å². The molecule has 0 aliphatic carbocycles. The van der Waals surface area contributed by atoms with Crippen LogP contribution in [0.2, 0.25) is 5.02 Å². The van der Waals surface area contributed by atoms with Crippen LogP contribution in [0.15, 0.2) is 54.6 Å². The molecule has 8 heteroatoms. The molecule has 2 aromatic carbocycles. The van der Waals surface area contributed by atoms with Gasteiger partial charge in [-0.1, -0.05) is 41.9 Å². The minimum Gasteiger partial charge on any atom is -0.506 e. The molecule has 0 saturated heterocycles. The van der Waals surface area contributed by atoms with E-state index in [-0.39, 0.29) is 35.6 Å². The number of aliphatic hydroxyl groups is 1. The molecule has 7 nitrogen and oxygen atoms in total. The van der Waals surface area contributed by atoms with Gasteiger partial charge >= 0.3 is 6.03 Å². The molecule has 2 amide bonds. The summed E-state index contributed by atoms with van der Waals surface area (Å²) >= 11 is 6.00. The molecule has 0 spiro atoms. The van der Waals surface area contributed by atoms with Gasteiger partial charge in [-0.15, -0.1) is 0 Å². The lowest BCUT2D eigenvalue weighted by molar-refractivity contribution is 0.0554. The molecule has 0 bridgehead atoms. The summed E-state index contributed by atoms with van der Waals surface area (Å²) < 4.78 is 10.4. The Morgan fingerprint density at radius 2 is 2.07 bits per heavy atom. The molecule has 1 aliphatic rings. The third-order valence-electron chi connectivity index (χ3n) is 3.95. The predicted molar refractivity (Wildman–Crippen MR) is 99.9 cm³/mol. The summed E-state index contributed by atoms with van der Waals surface area (Å²) in [5, 5.41) is 22.5. The molecule has 1 atom stereocenters. The van der Waals surface area contributed by atoms with Crippen LogP contribution >= 0.6 is 11.6 Å². The summed E-state index contributed by atoms with van der Waals surface area (Å²) in [7, 11) is 0. The number of hydrogen-bond acceptors (Lipinski definition) is 5. The molecular formula is C19H19ClN2O5. The molecule has 3 rings (SSSR count). The van der Waals surface area contributed by atoms with Crippen LogP contribution in [-0.2, 0) is 16.0 Å². The van der Waals surface area contributed by atoms with Crippen LogP contribution in [0.5, 0.6) is 5.75 Å². The van der Waals surface area contributed by atoms with E-state index in [2.05, 4.69) is 5.32 Å². The largest absolute Gasteiger partial charge is 0.506 e. The Hall–Kier alpha value is -2.90. The van der Waals surface area contributed by atoms with Crippen LogP contribution in [0.1, 0.15) is 24.2 Å². The van der Waals surface area contributed by atoms with Crippen LogP contribution in [0, 0.1) is 0 Å². The summed E-state index contributed by atoms with van der Waals surface area (Å²) in [6.07, 6.45) is 0.419. The molecule has 0 radical (unpaired) electrons. The summed E-state index contributed by atoms with van der Waals surface area (Å²) in [5.74, 6) is 0.0537. The number of hydrogen-bond donors (Lipinski definition) is 3. The molecule has 3 N–H and O–H groups in total. The lowest BCUT2D eigenvalue weighted by Crippen LogP contribution is -2.34. The quantitative estimate of drug-likeness (QED) is 0.673. The smallest absolute Gasteiger partial charge is 0.329 e. The Balaban J connectivity index is 1.84. The van der Waals surface area contributed by atoms with E-state index in [4.69, 9.17) is 21.1 Å². The molecule has 27 heavy (non-hydrogen) atoms. The Morgan fingerprint density at radius 1 is 1.33 bits per heavy atom. The van der Waals surface area contributed by atoms with Gasteiger partial charge in [-0.3, -0.25) is 4.90 Å². The Labute approximate surface area is 161 Å². The predicted octanol–water partition coefficient (Wildman–Crippen LogP) is 3.94. The number of amides is 2. The van der Waals surface area contributed by atoms with Gasteiger partial charge in [0.05, 0.1) is 17.7 Å². The second kappa shape index (κ2) is 8.20. The number of phenolic OH excluding ortho intramolecular Hbond substituents is 1. The van der Waals surface area contributed by atoms with E-state index in [0.29, 0.717) is 5.69 Å². The maximum atomic E-state index is 12.9. The van der Waals surface area contributed by atoms with E-state index >= 15 is 0 Å². The zero-order valence-electron chi connectivity index (χ0n) is 14.6. The number of anilines is 1. The number of aliphatic hydroxyl groups excluding tert-OH is 1. The monoisotopic (exact) mass is 390 g/mol. The normalized spacial score (nSPS) is 14.0. The topological polar surface area (TPSA) is 91.3 Å². The van der Waals surface area contributed by atoms with E-state index in [1.54, 1.807) is 0 Å². The lowest BCUT2D eigenvalue weighted by Gasteiger charge is -2.23. The maximum Gasteiger partial charge on any atom is 0.329 e. The third-order valence-corrected chi connectivity index (χ3v) is 4.24. The molecule has 1 heterocycles. The number of halogens is 1. The second-order valence-electron chi connectivity index (χ2n) is 5.96.